The number of halogens is 1. The zero-order valence-corrected chi connectivity index (χ0v) is 11.5. The highest BCUT2D eigenvalue weighted by Gasteiger charge is 2.05. The van der Waals surface area contributed by atoms with E-state index in [1.807, 2.05) is 11.8 Å². The summed E-state index contributed by atoms with van der Waals surface area (Å²) in [4.78, 5) is 0. The molecule has 0 aliphatic carbocycles. The Bertz CT molecular complexity index is 117. The van der Waals surface area contributed by atoms with Gasteiger partial charge < -0.3 is 21.6 Å². The molecule has 0 rings (SSSR count). The number of thioether (sulfide) groups is 1. The minimum atomic E-state index is 0. The van der Waals surface area contributed by atoms with Crippen LogP contribution in [0.3, 0.4) is 0 Å². The number of hydrogen-bond donors (Lipinski definition) is 0. The fourth-order valence-corrected chi connectivity index (χ4v) is 1.92. The van der Waals surface area contributed by atoms with Gasteiger partial charge in [-0.25, -0.2) is 0 Å². The molecule has 88 valence electrons. The molecule has 14 heavy (non-hydrogen) atoms. The maximum atomic E-state index is 5.39. The van der Waals surface area contributed by atoms with E-state index >= 15 is 0 Å². The third-order valence-electron chi connectivity index (χ3n) is 1.63. The van der Waals surface area contributed by atoms with E-state index in [4.69, 9.17) is 4.74 Å². The maximum Gasteiger partial charge on any atom is 0.0872 e. The second-order valence-electron chi connectivity index (χ2n) is 4.24. The van der Waals surface area contributed by atoms with Gasteiger partial charge >= 0.3 is 0 Å². The van der Waals surface area contributed by atoms with Crippen LogP contribution in [0.5, 0.6) is 0 Å². The monoisotopic (exact) mass is 241 g/mol. The van der Waals surface area contributed by atoms with E-state index in [9.17, 15) is 0 Å². The number of hydrogen-bond acceptors (Lipinski definition) is 2. The van der Waals surface area contributed by atoms with Crippen molar-refractivity contribution < 1.29 is 21.6 Å². The molecule has 0 aliphatic rings. The molecule has 0 saturated heterocycles. The highest BCUT2D eigenvalue weighted by molar-refractivity contribution is 7.99. The minimum absolute atomic E-state index is 0. The molecule has 0 aliphatic heterocycles. The van der Waals surface area contributed by atoms with Crippen molar-refractivity contribution in [2.45, 2.75) is 13.3 Å². The van der Waals surface area contributed by atoms with Gasteiger partial charge in [0.2, 0.25) is 0 Å². The highest BCUT2D eigenvalue weighted by Crippen LogP contribution is 2.02. The highest BCUT2D eigenvalue weighted by atomic mass is 35.5. The van der Waals surface area contributed by atoms with E-state index < -0.39 is 0 Å². The summed E-state index contributed by atoms with van der Waals surface area (Å²) in [6.45, 7) is 5.20. The van der Waals surface area contributed by atoms with Crippen molar-refractivity contribution in [3.8, 4) is 0 Å². The van der Waals surface area contributed by atoms with Crippen LogP contribution in [-0.2, 0) is 4.74 Å². The SMILES string of the molecule is CCCOCCSCC[N+](C)(C)C.[Cl-]. The fraction of sp³-hybridized carbons (Fsp3) is 1.00. The van der Waals surface area contributed by atoms with Gasteiger partial charge in [-0.3, -0.25) is 0 Å². The molecule has 0 fully saturated rings. The van der Waals surface area contributed by atoms with Gasteiger partial charge in [-0.05, 0) is 6.42 Å². The van der Waals surface area contributed by atoms with Crippen LogP contribution >= 0.6 is 11.8 Å². The summed E-state index contributed by atoms with van der Waals surface area (Å²) in [5.41, 5.74) is 0. The molecule has 0 atom stereocenters. The van der Waals surface area contributed by atoms with Crippen molar-refractivity contribution in [1.29, 1.82) is 0 Å². The molecule has 0 saturated carbocycles. The van der Waals surface area contributed by atoms with Gasteiger partial charge in [-0.1, -0.05) is 6.92 Å². The van der Waals surface area contributed by atoms with Gasteiger partial charge in [0.1, 0.15) is 0 Å². The average molecular weight is 242 g/mol. The first-order valence-corrected chi connectivity index (χ1v) is 6.17. The number of ether oxygens (including phenoxy) is 1. The zero-order valence-electron chi connectivity index (χ0n) is 9.88. The van der Waals surface area contributed by atoms with Crippen molar-refractivity contribution in [2.75, 3.05) is 52.4 Å². The molecule has 0 aromatic carbocycles. The Morgan fingerprint density at radius 3 is 2.21 bits per heavy atom. The molecule has 4 heteroatoms. The lowest BCUT2D eigenvalue weighted by Gasteiger charge is -2.23. The van der Waals surface area contributed by atoms with Crippen LogP contribution < -0.4 is 12.4 Å². The number of nitrogens with zero attached hydrogens (tertiary/aromatic N) is 1. The van der Waals surface area contributed by atoms with Crippen LogP contribution in [0.25, 0.3) is 0 Å². The molecule has 0 radical (unpaired) electrons. The predicted octanol–water partition coefficient (Wildman–Crippen LogP) is -1.14. The van der Waals surface area contributed by atoms with E-state index in [0.717, 1.165) is 29.9 Å². The summed E-state index contributed by atoms with van der Waals surface area (Å²) >= 11 is 1.99. The summed E-state index contributed by atoms with van der Waals surface area (Å²) in [6.07, 6.45) is 1.13. The second kappa shape index (κ2) is 10.1. The molecule has 0 aromatic heterocycles. The fourth-order valence-electron chi connectivity index (χ4n) is 0.805. The molecule has 0 unspecified atom stereocenters. The van der Waals surface area contributed by atoms with Crippen LogP contribution in [0.4, 0.5) is 0 Å². The number of quaternary nitrogens is 1. The molecule has 0 spiro atoms. The molecular formula is C10H24ClNOS. The second-order valence-corrected chi connectivity index (χ2v) is 5.46. The first kappa shape index (κ1) is 17.0. The standard InChI is InChI=1S/C10H24NOS.ClH/c1-5-7-12-8-10-13-9-6-11(2,3)4;/h5-10H2,1-4H3;1H/q+1;/p-1. The van der Waals surface area contributed by atoms with Gasteiger partial charge in [0.05, 0.1) is 34.3 Å². The van der Waals surface area contributed by atoms with Crippen LogP contribution in [0.2, 0.25) is 0 Å². The van der Waals surface area contributed by atoms with Crippen LogP contribution in [0, 0.1) is 0 Å². The van der Waals surface area contributed by atoms with Crippen LogP contribution in [0.15, 0.2) is 0 Å². The molecule has 0 bridgehead atoms. The molecule has 0 aromatic rings. The van der Waals surface area contributed by atoms with E-state index in [1.54, 1.807) is 0 Å². The lowest BCUT2D eigenvalue weighted by atomic mass is 10.5. The topological polar surface area (TPSA) is 9.23 Å². The Balaban J connectivity index is 0. The first-order valence-electron chi connectivity index (χ1n) is 5.02. The quantitative estimate of drug-likeness (QED) is 0.393. The molecular weight excluding hydrogens is 218 g/mol. The van der Waals surface area contributed by atoms with E-state index in [1.165, 1.54) is 12.3 Å². The molecule has 0 N–H and O–H groups in total. The van der Waals surface area contributed by atoms with Crippen LogP contribution in [-0.4, -0.2) is 56.9 Å². The third-order valence-corrected chi connectivity index (χ3v) is 2.55. The number of rotatable bonds is 8. The Labute approximate surface area is 99.4 Å². The van der Waals surface area contributed by atoms with Crippen LogP contribution in [0.1, 0.15) is 13.3 Å². The Kier molecular flexibility index (Phi) is 12.2. The average Bonchev–Trinajstić information content (AvgIpc) is 2.01. The normalized spacial score (nSPS) is 11.1. The van der Waals surface area contributed by atoms with Crippen molar-refractivity contribution in [1.82, 2.24) is 0 Å². The minimum Gasteiger partial charge on any atom is -1.00 e. The Hall–Kier alpha value is 0.560. The van der Waals surface area contributed by atoms with Gasteiger partial charge in [0.15, 0.2) is 0 Å². The third kappa shape index (κ3) is 15.1. The summed E-state index contributed by atoms with van der Waals surface area (Å²) in [5.74, 6) is 2.37. The first-order chi connectivity index (χ1) is 6.06. The van der Waals surface area contributed by atoms with Gasteiger partial charge in [0, 0.05) is 18.1 Å². The summed E-state index contributed by atoms with van der Waals surface area (Å²) < 4.78 is 6.45. The van der Waals surface area contributed by atoms with E-state index in [-0.39, 0.29) is 12.4 Å². The largest absolute Gasteiger partial charge is 1.00 e. The smallest absolute Gasteiger partial charge is 0.0872 e. The Morgan fingerprint density at radius 1 is 1.07 bits per heavy atom. The predicted molar refractivity (Wildman–Crippen MR) is 61.3 cm³/mol. The summed E-state index contributed by atoms with van der Waals surface area (Å²) in [5, 5.41) is 0. The van der Waals surface area contributed by atoms with Crippen molar-refractivity contribution in [2.24, 2.45) is 0 Å². The molecule has 2 nitrogen and oxygen atoms in total. The molecule has 0 amide bonds. The van der Waals surface area contributed by atoms with Crippen molar-refractivity contribution in [3.05, 3.63) is 0 Å². The van der Waals surface area contributed by atoms with Gasteiger partial charge in [0.25, 0.3) is 0 Å². The van der Waals surface area contributed by atoms with Crippen molar-refractivity contribution >= 4 is 11.8 Å². The summed E-state index contributed by atoms with van der Waals surface area (Å²) in [7, 11) is 6.69. The summed E-state index contributed by atoms with van der Waals surface area (Å²) in [6, 6.07) is 0. The van der Waals surface area contributed by atoms with Crippen molar-refractivity contribution in [3.63, 3.8) is 0 Å². The Morgan fingerprint density at radius 2 is 1.71 bits per heavy atom. The lowest BCUT2D eigenvalue weighted by molar-refractivity contribution is -0.867. The lowest BCUT2D eigenvalue weighted by Crippen LogP contribution is -3.00. The zero-order chi connectivity index (χ0) is 10.2. The van der Waals surface area contributed by atoms with E-state index in [0.29, 0.717) is 0 Å². The molecule has 0 heterocycles. The van der Waals surface area contributed by atoms with Gasteiger partial charge in [-0.15, -0.1) is 0 Å². The van der Waals surface area contributed by atoms with E-state index in [2.05, 4.69) is 28.1 Å². The maximum absolute atomic E-state index is 5.39. The van der Waals surface area contributed by atoms with Gasteiger partial charge in [-0.2, -0.15) is 11.8 Å².